The predicted molar refractivity (Wildman–Crippen MR) is 31.3 cm³/mol. The fraction of sp³-hybridized carbons (Fsp3) is 0. The summed E-state index contributed by atoms with van der Waals surface area (Å²) < 4.78 is 33.2. The SMILES string of the molecule is [O-][Cl+3]([O-])([O-])ONOc1ccccc1. The molecular weight excluding hydrogens is 202 g/mol. The standard InChI is InChI=1S/C6H6ClNO5/c9-7(10,11)13-8-12-6-4-2-1-3-5-6/h1-5,8H. The Morgan fingerprint density at radius 2 is 1.69 bits per heavy atom. The maximum absolute atomic E-state index is 9.87. The highest BCUT2D eigenvalue weighted by atomic mass is 35.7. The van der Waals surface area contributed by atoms with Crippen LogP contribution in [0.25, 0.3) is 0 Å². The molecule has 0 atom stereocenters. The normalized spacial score (nSPS) is 11.3. The number of benzene rings is 1. The number of hydrogen-bond donors (Lipinski definition) is 1. The van der Waals surface area contributed by atoms with Gasteiger partial charge in [0.15, 0.2) is 5.75 Å². The number of para-hydroxylation sites is 1. The van der Waals surface area contributed by atoms with Gasteiger partial charge in [-0.1, -0.05) is 18.2 Å². The Labute approximate surface area is 76.0 Å². The van der Waals surface area contributed by atoms with Gasteiger partial charge in [-0.3, -0.25) is 0 Å². The van der Waals surface area contributed by atoms with Gasteiger partial charge < -0.3 is 4.84 Å². The summed E-state index contributed by atoms with van der Waals surface area (Å²) in [7, 11) is -4.52. The van der Waals surface area contributed by atoms with Crippen LogP contribution in [0.5, 0.6) is 5.75 Å². The van der Waals surface area contributed by atoms with E-state index in [1.807, 2.05) is 0 Å². The van der Waals surface area contributed by atoms with Crippen molar-refractivity contribution in [3.63, 3.8) is 0 Å². The first-order valence-electron chi connectivity index (χ1n) is 3.14. The van der Waals surface area contributed by atoms with Gasteiger partial charge in [-0.15, -0.1) is 0 Å². The molecule has 1 N–H and O–H groups in total. The molecule has 0 aliphatic heterocycles. The Bertz CT molecular complexity index is 249. The minimum Gasteiger partial charge on any atom is -0.372 e. The Balaban J connectivity index is 2.29. The molecule has 0 amide bonds. The second-order valence-electron chi connectivity index (χ2n) is 1.95. The van der Waals surface area contributed by atoms with Crippen molar-refractivity contribution in [2.45, 2.75) is 0 Å². The van der Waals surface area contributed by atoms with E-state index in [0.717, 1.165) is 0 Å². The van der Waals surface area contributed by atoms with Crippen LogP contribution in [0.2, 0.25) is 0 Å². The second kappa shape index (κ2) is 4.38. The van der Waals surface area contributed by atoms with Crippen LogP contribution in [0.4, 0.5) is 0 Å². The average molecular weight is 208 g/mol. The molecule has 0 aliphatic carbocycles. The van der Waals surface area contributed by atoms with E-state index in [-0.39, 0.29) is 0 Å². The van der Waals surface area contributed by atoms with Crippen molar-refractivity contribution in [2.24, 2.45) is 0 Å². The summed E-state index contributed by atoms with van der Waals surface area (Å²) in [4.78, 5) is 4.52. The summed E-state index contributed by atoms with van der Waals surface area (Å²) in [5, 5.41) is 0. The molecular formula is C6H6ClNO5. The number of rotatable bonds is 4. The van der Waals surface area contributed by atoms with Gasteiger partial charge in [-0.05, 0) is 12.1 Å². The third-order valence-corrected chi connectivity index (χ3v) is 1.28. The Kier molecular flexibility index (Phi) is 3.43. The van der Waals surface area contributed by atoms with E-state index in [1.54, 1.807) is 30.3 Å². The van der Waals surface area contributed by atoms with Crippen molar-refractivity contribution in [3.05, 3.63) is 30.3 Å². The van der Waals surface area contributed by atoms with Gasteiger partial charge in [0.05, 0.1) is 0 Å². The highest BCUT2D eigenvalue weighted by molar-refractivity contribution is 5.20. The van der Waals surface area contributed by atoms with Gasteiger partial charge in [-0.2, -0.15) is 14.0 Å². The zero-order valence-corrected chi connectivity index (χ0v) is 7.06. The van der Waals surface area contributed by atoms with Crippen molar-refractivity contribution >= 4 is 0 Å². The first kappa shape index (κ1) is 10.2. The Hall–Kier alpha value is -0.890. The number of halogens is 1. The van der Waals surface area contributed by atoms with Crippen LogP contribution in [-0.4, -0.2) is 0 Å². The van der Waals surface area contributed by atoms with Crippen molar-refractivity contribution in [1.29, 1.82) is 0 Å². The summed E-state index contributed by atoms with van der Waals surface area (Å²) in [6.07, 6.45) is 0. The molecule has 13 heavy (non-hydrogen) atoms. The quantitative estimate of drug-likeness (QED) is 0.544. The number of nitrogens with one attached hydrogen (secondary N) is 1. The van der Waals surface area contributed by atoms with Gasteiger partial charge in [0.2, 0.25) is 4.39 Å². The minimum absolute atomic E-state index is 0.321. The van der Waals surface area contributed by atoms with Crippen LogP contribution >= 0.6 is 0 Å². The molecule has 0 bridgehead atoms. The molecule has 0 saturated carbocycles. The van der Waals surface area contributed by atoms with Crippen LogP contribution in [0.1, 0.15) is 0 Å². The van der Waals surface area contributed by atoms with E-state index >= 15 is 0 Å². The third kappa shape index (κ3) is 4.63. The fourth-order valence-corrected chi connectivity index (χ4v) is 0.700. The number of hydrogen-bond acceptors (Lipinski definition) is 6. The van der Waals surface area contributed by atoms with Crippen LogP contribution in [0.3, 0.4) is 0 Å². The third-order valence-electron chi connectivity index (χ3n) is 1.03. The maximum atomic E-state index is 9.87. The highest BCUT2D eigenvalue weighted by Crippen LogP contribution is 2.06. The van der Waals surface area contributed by atoms with Crippen LogP contribution < -0.4 is 24.5 Å². The van der Waals surface area contributed by atoms with E-state index in [4.69, 9.17) is 0 Å². The molecule has 0 saturated heterocycles. The molecule has 0 aliphatic rings. The molecule has 0 fully saturated rings. The van der Waals surface area contributed by atoms with Crippen LogP contribution in [-0.2, 0) is 4.39 Å². The molecule has 0 unspecified atom stereocenters. The molecule has 0 spiro atoms. The van der Waals surface area contributed by atoms with Crippen LogP contribution in [0.15, 0.2) is 30.3 Å². The van der Waals surface area contributed by atoms with Gasteiger partial charge >= 0.3 is 0 Å². The monoisotopic (exact) mass is 207 g/mol. The molecule has 1 aromatic carbocycles. The predicted octanol–water partition coefficient (Wildman–Crippen LogP) is -2.60. The zero-order valence-electron chi connectivity index (χ0n) is 6.31. The van der Waals surface area contributed by atoms with Crippen molar-refractivity contribution in [2.75, 3.05) is 0 Å². The van der Waals surface area contributed by atoms with Crippen molar-refractivity contribution < 1.29 is 33.4 Å². The zero-order chi connectivity index (χ0) is 9.73. The lowest BCUT2D eigenvalue weighted by Crippen LogP contribution is -2.63. The first-order chi connectivity index (χ1) is 6.08. The van der Waals surface area contributed by atoms with Crippen molar-refractivity contribution in [3.8, 4) is 5.75 Å². The maximum Gasteiger partial charge on any atom is 0.212 e. The largest absolute Gasteiger partial charge is 0.372 e. The smallest absolute Gasteiger partial charge is 0.212 e. The highest BCUT2D eigenvalue weighted by Gasteiger charge is 2.17. The summed E-state index contributed by atoms with van der Waals surface area (Å²) >= 11 is 0. The summed E-state index contributed by atoms with van der Waals surface area (Å²) in [6, 6.07) is 8.17. The average Bonchev–Trinajstić information content (AvgIpc) is 2.04. The molecule has 1 aromatic rings. The van der Waals surface area contributed by atoms with E-state index < -0.39 is 10.2 Å². The second-order valence-corrected chi connectivity index (χ2v) is 2.86. The molecule has 0 aromatic heterocycles. The fourth-order valence-electron chi connectivity index (χ4n) is 0.591. The molecule has 0 heterocycles. The van der Waals surface area contributed by atoms with E-state index in [9.17, 15) is 14.0 Å². The van der Waals surface area contributed by atoms with E-state index in [1.165, 1.54) is 5.64 Å². The van der Waals surface area contributed by atoms with Gasteiger partial charge in [0.25, 0.3) is 0 Å². The van der Waals surface area contributed by atoms with Gasteiger partial charge in [0.1, 0.15) is 15.9 Å². The molecule has 7 heteroatoms. The van der Waals surface area contributed by atoms with Gasteiger partial charge in [0, 0.05) is 0 Å². The summed E-state index contributed by atoms with van der Waals surface area (Å²) in [5.74, 6) is 0.321. The minimum atomic E-state index is -4.52. The molecule has 1 rings (SSSR count). The van der Waals surface area contributed by atoms with Crippen LogP contribution in [0, 0.1) is 10.2 Å². The van der Waals surface area contributed by atoms with Gasteiger partial charge in [-0.25, -0.2) is 0 Å². The van der Waals surface area contributed by atoms with E-state index in [0.29, 0.717) is 5.75 Å². The topological polar surface area (TPSA) is 99.7 Å². The lowest BCUT2D eigenvalue weighted by atomic mass is 10.3. The summed E-state index contributed by atoms with van der Waals surface area (Å²) in [5.41, 5.74) is 1.53. The Morgan fingerprint density at radius 3 is 2.23 bits per heavy atom. The Morgan fingerprint density at radius 1 is 1.08 bits per heavy atom. The lowest BCUT2D eigenvalue weighted by Gasteiger charge is -2.10. The van der Waals surface area contributed by atoms with Crippen molar-refractivity contribution in [1.82, 2.24) is 5.64 Å². The van der Waals surface area contributed by atoms with E-state index in [2.05, 4.69) is 9.23 Å². The molecule has 72 valence electrons. The lowest BCUT2D eigenvalue weighted by molar-refractivity contribution is -1.92. The first-order valence-corrected chi connectivity index (χ1v) is 4.37. The molecule has 6 nitrogen and oxygen atoms in total. The summed E-state index contributed by atoms with van der Waals surface area (Å²) in [6.45, 7) is 0. The molecule has 0 radical (unpaired) electrons.